The van der Waals surface area contributed by atoms with Crippen LogP contribution in [0.1, 0.15) is 15.9 Å². The quantitative estimate of drug-likeness (QED) is 0.641. The lowest BCUT2D eigenvalue weighted by Crippen LogP contribution is -2.10. The fraction of sp³-hybridized carbons (Fsp3) is 0. The largest absolute Gasteiger partial charge is 0.478 e. The molecule has 0 saturated carbocycles. The van der Waals surface area contributed by atoms with Crippen LogP contribution in [0.15, 0.2) is 36.4 Å². The molecule has 2 aromatic rings. The van der Waals surface area contributed by atoms with Crippen molar-refractivity contribution in [1.82, 2.24) is 0 Å². The Morgan fingerprint density at radius 3 is 2.16 bits per heavy atom. The van der Waals surface area contributed by atoms with Gasteiger partial charge in [-0.2, -0.15) is 0 Å². The third-order valence-corrected chi connectivity index (χ3v) is 4.27. The fourth-order valence-corrected chi connectivity index (χ4v) is 3.43. The number of carboxylic acid groups (broad SMARTS) is 1. The van der Waals surface area contributed by atoms with E-state index in [1.807, 2.05) is 0 Å². The van der Waals surface area contributed by atoms with Crippen LogP contribution in [0.2, 0.25) is 15.1 Å². The average Bonchev–Trinajstić information content (AvgIpc) is 2.79. The maximum atomic E-state index is 12.6. The fourth-order valence-electron chi connectivity index (χ4n) is 2.63. The summed E-state index contributed by atoms with van der Waals surface area (Å²) in [5, 5.41) is 11.9. The number of hydrogen-bond acceptors (Lipinski definition) is 3. The van der Waals surface area contributed by atoms with Gasteiger partial charge in [-0.15, -0.1) is 0 Å². The van der Waals surface area contributed by atoms with E-state index in [0.29, 0.717) is 27.8 Å². The predicted octanol–water partition coefficient (Wildman–Crippen LogP) is 4.44. The third kappa shape index (κ3) is 3.26. The predicted molar refractivity (Wildman–Crippen MR) is 95.7 cm³/mol. The second-order valence-electron chi connectivity index (χ2n) is 5.18. The molecule has 0 aromatic heterocycles. The molecule has 5 nitrogen and oxygen atoms in total. The van der Waals surface area contributed by atoms with Gasteiger partial charge in [0.2, 0.25) is 5.91 Å². The summed E-state index contributed by atoms with van der Waals surface area (Å²) in [5.74, 6) is -2.25. The number of hydrogen-bond donors (Lipinski definition) is 2. The first-order chi connectivity index (χ1) is 11.8. The highest BCUT2D eigenvalue weighted by Crippen LogP contribution is 2.47. The third-order valence-electron chi connectivity index (χ3n) is 3.53. The number of carbonyl (C=O) groups excluding carboxylic acids is 2. The van der Waals surface area contributed by atoms with Gasteiger partial charge < -0.3 is 10.4 Å². The first-order valence-electron chi connectivity index (χ1n) is 6.87. The molecule has 0 saturated heterocycles. The van der Waals surface area contributed by atoms with Crippen LogP contribution in [0.3, 0.4) is 0 Å². The van der Waals surface area contributed by atoms with E-state index < -0.39 is 11.9 Å². The Kier molecular flexibility index (Phi) is 4.56. The Morgan fingerprint density at radius 2 is 1.52 bits per heavy atom. The SMILES string of the molecule is O=C(O)/C=C/C(=O)Nc1cc(Cl)cc2c1-c1c(Cl)cc(Cl)cc1C2=O. The Labute approximate surface area is 156 Å². The summed E-state index contributed by atoms with van der Waals surface area (Å²) in [6, 6.07) is 5.93. The van der Waals surface area contributed by atoms with Gasteiger partial charge in [0.05, 0.1) is 10.7 Å². The van der Waals surface area contributed by atoms with Gasteiger partial charge in [0.15, 0.2) is 5.78 Å². The molecule has 126 valence electrons. The molecule has 8 heteroatoms. The maximum Gasteiger partial charge on any atom is 0.328 e. The molecule has 2 aromatic carbocycles. The first-order valence-corrected chi connectivity index (χ1v) is 8.01. The first kappa shape index (κ1) is 17.5. The minimum atomic E-state index is -1.26. The van der Waals surface area contributed by atoms with Crippen molar-refractivity contribution >= 4 is 58.1 Å². The standard InChI is InChI=1S/C17H8Cl3NO4/c18-7-3-9-15(11(20)5-7)16-10(17(9)25)4-8(19)6-12(16)21-13(22)1-2-14(23)24/h1-6H,(H,21,22)(H,23,24)/b2-1+. The summed E-state index contributed by atoms with van der Waals surface area (Å²) >= 11 is 18.3. The molecule has 0 atom stereocenters. The van der Waals surface area contributed by atoms with Gasteiger partial charge in [-0.05, 0) is 24.3 Å². The van der Waals surface area contributed by atoms with Gasteiger partial charge in [0.1, 0.15) is 0 Å². The molecule has 25 heavy (non-hydrogen) atoms. The smallest absolute Gasteiger partial charge is 0.328 e. The molecular weight excluding hydrogens is 389 g/mol. The van der Waals surface area contributed by atoms with Gasteiger partial charge in [-0.25, -0.2) is 4.79 Å². The lowest BCUT2D eigenvalue weighted by molar-refractivity contribution is -0.131. The molecule has 3 rings (SSSR count). The number of nitrogens with one attached hydrogen (secondary N) is 1. The minimum absolute atomic E-state index is 0.236. The number of anilines is 1. The summed E-state index contributed by atoms with van der Waals surface area (Å²) < 4.78 is 0. The Hall–Kier alpha value is -2.34. The lowest BCUT2D eigenvalue weighted by Gasteiger charge is -2.11. The Bertz CT molecular complexity index is 982. The summed E-state index contributed by atoms with van der Waals surface area (Å²) in [4.78, 5) is 35.1. The van der Waals surface area contributed by atoms with Crippen molar-refractivity contribution in [2.24, 2.45) is 0 Å². The van der Waals surface area contributed by atoms with E-state index in [0.717, 1.165) is 6.08 Å². The zero-order valence-electron chi connectivity index (χ0n) is 12.3. The van der Waals surface area contributed by atoms with Crippen molar-refractivity contribution in [2.45, 2.75) is 0 Å². The van der Waals surface area contributed by atoms with Crippen molar-refractivity contribution in [1.29, 1.82) is 0 Å². The van der Waals surface area contributed by atoms with Crippen LogP contribution in [0.25, 0.3) is 11.1 Å². The second kappa shape index (κ2) is 6.52. The number of carbonyl (C=O) groups is 3. The van der Waals surface area contributed by atoms with E-state index in [4.69, 9.17) is 39.9 Å². The van der Waals surface area contributed by atoms with E-state index in [1.54, 1.807) is 0 Å². The summed E-state index contributed by atoms with van der Waals surface area (Å²) in [7, 11) is 0. The summed E-state index contributed by atoms with van der Waals surface area (Å²) in [5.41, 5.74) is 1.71. The number of benzene rings is 2. The van der Waals surface area contributed by atoms with Crippen LogP contribution in [0.5, 0.6) is 0 Å². The normalized spacial score (nSPS) is 12.2. The van der Waals surface area contributed by atoms with E-state index in [2.05, 4.69) is 5.32 Å². The van der Waals surface area contributed by atoms with Crippen LogP contribution in [-0.4, -0.2) is 22.8 Å². The molecule has 0 unspecified atom stereocenters. The van der Waals surface area contributed by atoms with Crippen LogP contribution >= 0.6 is 34.8 Å². The van der Waals surface area contributed by atoms with Gasteiger partial charge in [0, 0.05) is 44.5 Å². The number of rotatable bonds is 3. The molecule has 2 N–H and O–H groups in total. The van der Waals surface area contributed by atoms with Gasteiger partial charge in [0.25, 0.3) is 0 Å². The molecule has 0 heterocycles. The van der Waals surface area contributed by atoms with Crippen molar-refractivity contribution in [2.75, 3.05) is 5.32 Å². The van der Waals surface area contributed by atoms with Crippen LogP contribution in [0, 0.1) is 0 Å². The van der Waals surface area contributed by atoms with E-state index in [9.17, 15) is 14.4 Å². The molecule has 1 aliphatic rings. The molecule has 0 fully saturated rings. The Balaban J connectivity index is 2.15. The lowest BCUT2D eigenvalue weighted by atomic mass is 10.0. The highest BCUT2D eigenvalue weighted by Gasteiger charge is 2.32. The Morgan fingerprint density at radius 1 is 0.920 bits per heavy atom. The number of amides is 1. The number of ketones is 1. The van der Waals surface area contributed by atoms with Crippen molar-refractivity contribution in [3.05, 3.63) is 62.6 Å². The van der Waals surface area contributed by atoms with E-state index in [1.165, 1.54) is 24.3 Å². The number of carboxylic acids is 1. The van der Waals surface area contributed by atoms with Crippen molar-refractivity contribution in [3.63, 3.8) is 0 Å². The zero-order chi connectivity index (χ0) is 18.3. The van der Waals surface area contributed by atoms with Crippen LogP contribution in [-0.2, 0) is 9.59 Å². The van der Waals surface area contributed by atoms with Crippen molar-refractivity contribution in [3.8, 4) is 11.1 Å². The highest BCUT2D eigenvalue weighted by atomic mass is 35.5. The maximum absolute atomic E-state index is 12.6. The minimum Gasteiger partial charge on any atom is -0.478 e. The monoisotopic (exact) mass is 395 g/mol. The van der Waals surface area contributed by atoms with E-state index >= 15 is 0 Å². The number of aliphatic carboxylic acids is 1. The molecule has 0 aliphatic heterocycles. The zero-order valence-corrected chi connectivity index (χ0v) is 14.5. The molecular formula is C17H8Cl3NO4. The van der Waals surface area contributed by atoms with Gasteiger partial charge >= 0.3 is 5.97 Å². The average molecular weight is 397 g/mol. The van der Waals surface area contributed by atoms with Crippen molar-refractivity contribution < 1.29 is 19.5 Å². The van der Waals surface area contributed by atoms with Crippen LogP contribution < -0.4 is 5.32 Å². The topological polar surface area (TPSA) is 83.5 Å². The van der Waals surface area contributed by atoms with Gasteiger partial charge in [-0.1, -0.05) is 34.8 Å². The number of fused-ring (bicyclic) bond motifs is 3. The summed E-state index contributed by atoms with van der Waals surface area (Å²) in [6.45, 7) is 0. The number of halogens is 3. The van der Waals surface area contributed by atoms with Gasteiger partial charge in [-0.3, -0.25) is 9.59 Å². The highest BCUT2D eigenvalue weighted by molar-refractivity contribution is 6.41. The molecule has 0 spiro atoms. The molecule has 0 bridgehead atoms. The second-order valence-corrected chi connectivity index (χ2v) is 6.46. The molecule has 0 radical (unpaired) electrons. The van der Waals surface area contributed by atoms with Crippen LogP contribution in [0.4, 0.5) is 5.69 Å². The van der Waals surface area contributed by atoms with E-state index in [-0.39, 0.29) is 27.1 Å². The molecule has 1 amide bonds. The molecule has 1 aliphatic carbocycles. The summed E-state index contributed by atoms with van der Waals surface area (Å²) in [6.07, 6.45) is 1.56.